The minimum atomic E-state index is -0.858. The van der Waals surface area contributed by atoms with Gasteiger partial charge in [0.1, 0.15) is 6.04 Å². The summed E-state index contributed by atoms with van der Waals surface area (Å²) in [6.45, 7) is 1.98. The lowest BCUT2D eigenvalue weighted by Crippen LogP contribution is -2.88. The van der Waals surface area contributed by atoms with E-state index in [-0.39, 0.29) is 6.04 Å². The van der Waals surface area contributed by atoms with Crippen molar-refractivity contribution in [3.8, 4) is 0 Å². The molecule has 0 radical (unpaired) electrons. The maximum Gasteiger partial charge on any atom is 0.319 e. The molecule has 2 aromatic carbocycles. The van der Waals surface area contributed by atoms with Crippen LogP contribution in [0.3, 0.4) is 0 Å². The van der Waals surface area contributed by atoms with Gasteiger partial charge in [-0.25, -0.2) is 4.79 Å². The van der Waals surface area contributed by atoms with Gasteiger partial charge in [-0.15, -0.1) is 0 Å². The van der Waals surface area contributed by atoms with Crippen molar-refractivity contribution in [2.75, 3.05) is 0 Å². The van der Waals surface area contributed by atoms with E-state index in [2.05, 4.69) is 5.32 Å². The van der Waals surface area contributed by atoms with Gasteiger partial charge in [0.15, 0.2) is 6.04 Å². The Morgan fingerprint density at radius 2 is 1.65 bits per heavy atom. The number of nitrogens with two attached hydrogens (primary N) is 2. The van der Waals surface area contributed by atoms with Crippen molar-refractivity contribution in [3.63, 3.8) is 0 Å². The number of halogens is 1. The van der Waals surface area contributed by atoms with E-state index in [1.54, 1.807) is 0 Å². The molecule has 0 aliphatic carbocycles. The second-order valence-electron chi connectivity index (χ2n) is 5.27. The average Bonchev–Trinajstić information content (AvgIpc) is 2.53. The normalized spacial score (nSPS) is 13.1. The summed E-state index contributed by atoms with van der Waals surface area (Å²) in [5, 5.41) is 4.70. The molecule has 0 unspecified atom stereocenters. The van der Waals surface area contributed by atoms with Gasteiger partial charge in [0.05, 0.1) is 0 Å². The summed E-state index contributed by atoms with van der Waals surface area (Å²) in [6, 6.07) is 15.3. The van der Waals surface area contributed by atoms with Gasteiger partial charge in [0.2, 0.25) is 0 Å². The minimum absolute atomic E-state index is 0.00361. The molecule has 5 N–H and O–H groups in total. The monoisotopic (exact) mass is 332 g/mol. The number of quaternary nitrogens is 1. The van der Waals surface area contributed by atoms with Crippen LogP contribution in [-0.4, -0.2) is 11.9 Å². The van der Waals surface area contributed by atoms with Gasteiger partial charge in [-0.1, -0.05) is 54.1 Å². The number of imide groups is 1. The largest absolute Gasteiger partial charge is 0.351 e. The Morgan fingerprint density at radius 1 is 1.04 bits per heavy atom. The van der Waals surface area contributed by atoms with Gasteiger partial charge >= 0.3 is 6.03 Å². The molecule has 0 aliphatic rings. The lowest BCUT2D eigenvalue weighted by Gasteiger charge is -2.19. The molecule has 0 aromatic heterocycles. The predicted octanol–water partition coefficient (Wildman–Crippen LogP) is 1.90. The molecule has 2 rings (SSSR count). The Bertz CT molecular complexity index is 674. The third kappa shape index (κ3) is 4.81. The van der Waals surface area contributed by atoms with E-state index in [1.807, 2.05) is 66.8 Å². The first-order chi connectivity index (χ1) is 11.0. The first-order valence-corrected chi connectivity index (χ1v) is 7.61. The highest BCUT2D eigenvalue weighted by Crippen LogP contribution is 2.16. The molecular weight excluding hydrogens is 314 g/mol. The number of primary amides is 1. The molecule has 0 bridgehead atoms. The Morgan fingerprint density at radius 3 is 2.22 bits per heavy atom. The van der Waals surface area contributed by atoms with Crippen molar-refractivity contribution in [2.45, 2.75) is 19.0 Å². The van der Waals surface area contributed by atoms with Crippen LogP contribution in [0.5, 0.6) is 0 Å². The third-order valence-corrected chi connectivity index (χ3v) is 3.82. The lowest BCUT2D eigenvalue weighted by atomic mass is 10.0. The highest BCUT2D eigenvalue weighted by molar-refractivity contribution is 6.30. The van der Waals surface area contributed by atoms with Crippen LogP contribution in [0.25, 0.3) is 0 Å². The molecule has 0 saturated heterocycles. The van der Waals surface area contributed by atoms with E-state index >= 15 is 0 Å². The Labute approximate surface area is 139 Å². The second-order valence-corrected chi connectivity index (χ2v) is 5.71. The van der Waals surface area contributed by atoms with E-state index in [4.69, 9.17) is 17.3 Å². The Hall–Kier alpha value is -2.37. The van der Waals surface area contributed by atoms with Crippen molar-refractivity contribution < 1.29 is 14.9 Å². The van der Waals surface area contributed by atoms with Crippen LogP contribution < -0.4 is 16.4 Å². The molecule has 0 heterocycles. The van der Waals surface area contributed by atoms with Gasteiger partial charge in [-0.05, 0) is 19.1 Å². The molecule has 0 aliphatic heterocycles. The fourth-order valence-electron chi connectivity index (χ4n) is 2.38. The van der Waals surface area contributed by atoms with Crippen LogP contribution in [0.15, 0.2) is 54.6 Å². The molecular formula is C17H19ClN3O2+. The van der Waals surface area contributed by atoms with Crippen LogP contribution in [0.2, 0.25) is 5.02 Å². The van der Waals surface area contributed by atoms with Crippen molar-refractivity contribution >= 4 is 23.5 Å². The highest BCUT2D eigenvalue weighted by Gasteiger charge is 2.27. The van der Waals surface area contributed by atoms with Crippen LogP contribution in [0, 0.1) is 0 Å². The van der Waals surface area contributed by atoms with E-state index < -0.39 is 18.0 Å². The summed E-state index contributed by atoms with van der Waals surface area (Å²) in [6.07, 6.45) is 0. The fraction of sp³-hybridized carbons (Fsp3) is 0.176. The van der Waals surface area contributed by atoms with Crippen molar-refractivity contribution in [1.29, 1.82) is 0 Å². The maximum absolute atomic E-state index is 12.3. The standard InChI is InChI=1S/C17H18ClN3O2/c1-11(12-7-9-14(18)10-8-12)20-15(16(22)21-17(19)23)13-5-3-2-4-6-13/h2-11,15,20H,1H3,(H3,19,21,22,23)/p+1/t11-,15+/m0/s1. The fourth-order valence-corrected chi connectivity index (χ4v) is 2.50. The topological polar surface area (TPSA) is 88.8 Å². The molecule has 6 heteroatoms. The summed E-state index contributed by atoms with van der Waals surface area (Å²) in [5.74, 6) is -0.440. The van der Waals surface area contributed by atoms with Gasteiger partial charge in [0, 0.05) is 16.1 Å². The van der Waals surface area contributed by atoms with Gasteiger partial charge in [-0.3, -0.25) is 10.1 Å². The number of amides is 3. The summed E-state index contributed by atoms with van der Waals surface area (Å²) in [4.78, 5) is 23.3. The Balaban J connectivity index is 2.21. The number of urea groups is 1. The second kappa shape index (κ2) is 7.76. The zero-order valence-corrected chi connectivity index (χ0v) is 13.5. The first kappa shape index (κ1) is 17.0. The molecule has 3 amide bonds. The summed E-state index contributed by atoms with van der Waals surface area (Å²) >= 11 is 5.90. The molecule has 120 valence electrons. The molecule has 5 nitrogen and oxygen atoms in total. The maximum atomic E-state index is 12.3. The molecule has 0 spiro atoms. The number of hydrogen-bond acceptors (Lipinski definition) is 2. The van der Waals surface area contributed by atoms with E-state index in [0.717, 1.165) is 11.1 Å². The third-order valence-electron chi connectivity index (χ3n) is 3.56. The molecule has 23 heavy (non-hydrogen) atoms. The number of benzene rings is 2. The number of nitrogens with one attached hydrogen (secondary N) is 1. The number of hydrogen-bond donors (Lipinski definition) is 3. The van der Waals surface area contributed by atoms with Crippen LogP contribution in [-0.2, 0) is 4.79 Å². The highest BCUT2D eigenvalue weighted by atomic mass is 35.5. The smallest absolute Gasteiger partial charge is 0.319 e. The van der Waals surface area contributed by atoms with E-state index in [0.29, 0.717) is 5.02 Å². The summed E-state index contributed by atoms with van der Waals surface area (Å²) < 4.78 is 0. The summed E-state index contributed by atoms with van der Waals surface area (Å²) in [5.41, 5.74) is 6.90. The predicted molar refractivity (Wildman–Crippen MR) is 88.7 cm³/mol. The molecule has 2 aromatic rings. The zero-order valence-electron chi connectivity index (χ0n) is 12.7. The van der Waals surface area contributed by atoms with Gasteiger partial charge in [0.25, 0.3) is 5.91 Å². The SMILES string of the molecule is C[C@H]([NH2+][C@@H](C(=O)NC(N)=O)c1ccccc1)c1ccc(Cl)cc1. The molecule has 0 saturated carbocycles. The number of rotatable bonds is 5. The summed E-state index contributed by atoms with van der Waals surface area (Å²) in [7, 11) is 0. The van der Waals surface area contributed by atoms with Crippen LogP contribution >= 0.6 is 11.6 Å². The van der Waals surface area contributed by atoms with Gasteiger partial charge < -0.3 is 11.1 Å². The molecule has 2 atom stereocenters. The van der Waals surface area contributed by atoms with E-state index in [1.165, 1.54) is 0 Å². The average molecular weight is 333 g/mol. The van der Waals surface area contributed by atoms with Crippen molar-refractivity contribution in [2.24, 2.45) is 5.73 Å². The molecule has 0 fully saturated rings. The lowest BCUT2D eigenvalue weighted by molar-refractivity contribution is -0.719. The van der Waals surface area contributed by atoms with Crippen molar-refractivity contribution in [1.82, 2.24) is 5.32 Å². The van der Waals surface area contributed by atoms with Crippen LogP contribution in [0.4, 0.5) is 4.79 Å². The van der Waals surface area contributed by atoms with Gasteiger partial charge in [-0.2, -0.15) is 0 Å². The van der Waals surface area contributed by atoms with Crippen molar-refractivity contribution in [3.05, 3.63) is 70.7 Å². The first-order valence-electron chi connectivity index (χ1n) is 7.23. The van der Waals surface area contributed by atoms with E-state index in [9.17, 15) is 9.59 Å². The zero-order chi connectivity index (χ0) is 16.8. The Kier molecular flexibility index (Phi) is 5.73. The van der Waals surface area contributed by atoms with Crippen LogP contribution in [0.1, 0.15) is 30.1 Å². The quantitative estimate of drug-likeness (QED) is 0.780. The number of carbonyl (C=O) groups is 2. The minimum Gasteiger partial charge on any atom is -0.351 e. The number of carbonyl (C=O) groups excluding carboxylic acids is 2.